The largest absolute Gasteiger partial charge is 0.480 e. The van der Waals surface area contributed by atoms with Crippen LogP contribution in [-0.2, 0) is 4.74 Å². The second-order valence-electron chi connectivity index (χ2n) is 6.31. The number of aromatic amines is 1. The third-order valence-electron chi connectivity index (χ3n) is 4.79. The Morgan fingerprint density at radius 3 is 2.92 bits per heavy atom. The normalized spacial score (nSPS) is 20.7. The molecule has 0 saturated carbocycles. The lowest BCUT2D eigenvalue weighted by molar-refractivity contribution is 0.0608. The molecule has 25 heavy (non-hydrogen) atoms. The van der Waals surface area contributed by atoms with E-state index in [-0.39, 0.29) is 12.1 Å². The van der Waals surface area contributed by atoms with E-state index < -0.39 is 0 Å². The number of benzene rings is 1. The van der Waals surface area contributed by atoms with E-state index in [2.05, 4.69) is 32.4 Å². The Balaban J connectivity index is 1.68. The number of ether oxygens (including phenoxy) is 2. The highest BCUT2D eigenvalue weighted by molar-refractivity contribution is 5.85. The number of rotatable bonds is 4. The Kier molecular flexibility index (Phi) is 4.38. The summed E-state index contributed by atoms with van der Waals surface area (Å²) in [6, 6.07) is 10.3. The molecule has 0 aliphatic carbocycles. The van der Waals surface area contributed by atoms with Gasteiger partial charge in [-0.15, -0.1) is 0 Å². The number of fused-ring (bicyclic) bond motifs is 1. The molecule has 1 fully saturated rings. The fourth-order valence-corrected chi connectivity index (χ4v) is 3.40. The number of aromatic nitrogens is 3. The SMILES string of the molecule is COc1nc2ccccc2cc1-c1cnc([C@@H]2CC(OC)CCN2)[nH]1. The molecule has 0 radical (unpaired) electrons. The fraction of sp³-hybridized carbons (Fsp3) is 0.368. The molecule has 6 nitrogen and oxygen atoms in total. The van der Waals surface area contributed by atoms with Crippen molar-refractivity contribution in [1.82, 2.24) is 20.3 Å². The maximum Gasteiger partial charge on any atom is 0.223 e. The first kappa shape index (κ1) is 16.1. The van der Waals surface area contributed by atoms with Gasteiger partial charge in [-0.2, -0.15) is 0 Å². The first-order valence-corrected chi connectivity index (χ1v) is 8.53. The zero-order valence-electron chi connectivity index (χ0n) is 14.5. The quantitative estimate of drug-likeness (QED) is 0.765. The summed E-state index contributed by atoms with van der Waals surface area (Å²) in [5.41, 5.74) is 2.74. The van der Waals surface area contributed by atoms with Gasteiger partial charge in [0.1, 0.15) is 5.82 Å². The van der Waals surface area contributed by atoms with Crippen molar-refractivity contribution in [2.45, 2.75) is 25.0 Å². The molecular formula is C19H22N4O2. The number of piperidine rings is 1. The molecule has 0 bridgehead atoms. The van der Waals surface area contributed by atoms with Gasteiger partial charge in [0, 0.05) is 12.5 Å². The van der Waals surface area contributed by atoms with Gasteiger partial charge < -0.3 is 19.8 Å². The number of nitrogens with one attached hydrogen (secondary N) is 2. The molecule has 0 spiro atoms. The van der Waals surface area contributed by atoms with Gasteiger partial charge in [-0.25, -0.2) is 9.97 Å². The zero-order valence-corrected chi connectivity index (χ0v) is 14.5. The molecule has 2 atom stereocenters. The zero-order chi connectivity index (χ0) is 17.2. The summed E-state index contributed by atoms with van der Waals surface area (Å²) in [5, 5.41) is 4.58. The molecule has 2 N–H and O–H groups in total. The van der Waals surface area contributed by atoms with E-state index in [4.69, 9.17) is 9.47 Å². The number of pyridine rings is 1. The Morgan fingerprint density at radius 1 is 1.20 bits per heavy atom. The molecule has 1 aliphatic rings. The summed E-state index contributed by atoms with van der Waals surface area (Å²) in [6.07, 6.45) is 4.07. The van der Waals surface area contributed by atoms with Crippen LogP contribution in [0.3, 0.4) is 0 Å². The fourth-order valence-electron chi connectivity index (χ4n) is 3.40. The van der Waals surface area contributed by atoms with Gasteiger partial charge >= 0.3 is 0 Å². The first-order chi connectivity index (χ1) is 12.3. The standard InChI is InChI=1S/C19H22N4O2/c1-24-13-7-8-20-16(10-13)18-21-11-17(22-18)14-9-12-5-3-4-6-15(12)23-19(14)25-2/h3-6,9,11,13,16,20H,7-8,10H2,1-2H3,(H,21,22)/t13?,16-/m0/s1. The number of methoxy groups -OCH3 is 2. The van der Waals surface area contributed by atoms with E-state index in [0.717, 1.165) is 47.4 Å². The summed E-state index contributed by atoms with van der Waals surface area (Å²) < 4.78 is 11.0. The molecule has 6 heteroatoms. The maximum absolute atomic E-state index is 5.51. The summed E-state index contributed by atoms with van der Waals surface area (Å²) in [7, 11) is 3.41. The highest BCUT2D eigenvalue weighted by Crippen LogP contribution is 2.32. The average molecular weight is 338 g/mol. The minimum absolute atomic E-state index is 0.173. The van der Waals surface area contributed by atoms with Crippen LogP contribution in [0.4, 0.5) is 0 Å². The number of nitrogens with zero attached hydrogens (tertiary/aromatic N) is 2. The van der Waals surface area contributed by atoms with E-state index in [1.165, 1.54) is 0 Å². The van der Waals surface area contributed by atoms with Crippen molar-refractivity contribution >= 4 is 10.9 Å². The minimum Gasteiger partial charge on any atom is -0.480 e. The molecular weight excluding hydrogens is 316 g/mol. The van der Waals surface area contributed by atoms with Gasteiger partial charge in [0.05, 0.1) is 42.2 Å². The number of H-pyrrole nitrogens is 1. The molecule has 3 aromatic rings. The van der Waals surface area contributed by atoms with Crippen LogP contribution in [0.2, 0.25) is 0 Å². The molecule has 1 saturated heterocycles. The van der Waals surface area contributed by atoms with Crippen molar-refractivity contribution in [3.8, 4) is 17.1 Å². The summed E-state index contributed by atoms with van der Waals surface area (Å²) in [5.74, 6) is 1.52. The molecule has 3 heterocycles. The highest BCUT2D eigenvalue weighted by Gasteiger charge is 2.25. The molecule has 130 valence electrons. The van der Waals surface area contributed by atoms with E-state index in [1.54, 1.807) is 14.2 Å². The average Bonchev–Trinajstić information content (AvgIpc) is 3.17. The smallest absolute Gasteiger partial charge is 0.223 e. The Bertz CT molecular complexity index is 877. The van der Waals surface area contributed by atoms with Crippen LogP contribution < -0.4 is 10.1 Å². The van der Waals surface area contributed by atoms with Crippen LogP contribution >= 0.6 is 0 Å². The molecule has 0 amide bonds. The second-order valence-corrected chi connectivity index (χ2v) is 6.31. The number of para-hydroxylation sites is 1. The minimum atomic E-state index is 0.173. The predicted molar refractivity (Wildman–Crippen MR) is 96.7 cm³/mol. The lowest BCUT2D eigenvalue weighted by atomic mass is 10.0. The van der Waals surface area contributed by atoms with Crippen molar-refractivity contribution < 1.29 is 9.47 Å². The van der Waals surface area contributed by atoms with Gasteiger partial charge in [-0.1, -0.05) is 18.2 Å². The van der Waals surface area contributed by atoms with Crippen LogP contribution in [0.5, 0.6) is 5.88 Å². The van der Waals surface area contributed by atoms with E-state index in [9.17, 15) is 0 Å². The van der Waals surface area contributed by atoms with Crippen molar-refractivity contribution in [1.29, 1.82) is 0 Å². The highest BCUT2D eigenvalue weighted by atomic mass is 16.5. The summed E-state index contributed by atoms with van der Waals surface area (Å²) in [4.78, 5) is 12.6. The number of hydrogen-bond donors (Lipinski definition) is 2. The molecule has 1 unspecified atom stereocenters. The Morgan fingerprint density at radius 2 is 2.08 bits per heavy atom. The topological polar surface area (TPSA) is 72.1 Å². The van der Waals surface area contributed by atoms with Crippen molar-refractivity contribution in [3.05, 3.63) is 42.4 Å². The lowest BCUT2D eigenvalue weighted by Gasteiger charge is -2.28. The molecule has 4 rings (SSSR count). The van der Waals surface area contributed by atoms with Gasteiger partial charge in [0.25, 0.3) is 0 Å². The van der Waals surface area contributed by atoms with Gasteiger partial charge in [-0.3, -0.25) is 0 Å². The van der Waals surface area contributed by atoms with E-state index in [1.807, 2.05) is 24.4 Å². The van der Waals surface area contributed by atoms with Crippen molar-refractivity contribution in [2.24, 2.45) is 0 Å². The summed E-state index contributed by atoms with van der Waals surface area (Å²) >= 11 is 0. The summed E-state index contributed by atoms with van der Waals surface area (Å²) in [6.45, 7) is 0.931. The predicted octanol–water partition coefficient (Wildman–Crippen LogP) is 3.07. The lowest BCUT2D eigenvalue weighted by Crippen LogP contribution is -2.35. The second kappa shape index (κ2) is 6.82. The van der Waals surface area contributed by atoms with Crippen LogP contribution in [0, 0.1) is 0 Å². The van der Waals surface area contributed by atoms with Crippen molar-refractivity contribution in [2.75, 3.05) is 20.8 Å². The molecule has 1 aliphatic heterocycles. The Labute approximate surface area is 146 Å². The van der Waals surface area contributed by atoms with Crippen molar-refractivity contribution in [3.63, 3.8) is 0 Å². The van der Waals surface area contributed by atoms with Crippen LogP contribution in [0.15, 0.2) is 36.5 Å². The van der Waals surface area contributed by atoms with E-state index >= 15 is 0 Å². The van der Waals surface area contributed by atoms with E-state index in [0.29, 0.717) is 5.88 Å². The van der Waals surface area contributed by atoms with Crippen LogP contribution in [0.25, 0.3) is 22.2 Å². The molecule has 2 aromatic heterocycles. The Hall–Kier alpha value is -2.44. The van der Waals surface area contributed by atoms with Gasteiger partial charge in [-0.05, 0) is 31.5 Å². The first-order valence-electron chi connectivity index (χ1n) is 8.53. The maximum atomic E-state index is 5.51. The third-order valence-corrected chi connectivity index (χ3v) is 4.79. The van der Waals surface area contributed by atoms with Crippen LogP contribution in [-0.4, -0.2) is 41.8 Å². The number of imidazole rings is 1. The third kappa shape index (κ3) is 3.10. The monoisotopic (exact) mass is 338 g/mol. The molecule has 1 aromatic carbocycles. The van der Waals surface area contributed by atoms with Gasteiger partial charge in [0.15, 0.2) is 0 Å². The van der Waals surface area contributed by atoms with Crippen LogP contribution in [0.1, 0.15) is 24.7 Å². The number of hydrogen-bond acceptors (Lipinski definition) is 5. The van der Waals surface area contributed by atoms with Gasteiger partial charge in [0.2, 0.25) is 5.88 Å².